The number of carbonyl (C=O) groups is 1. The summed E-state index contributed by atoms with van der Waals surface area (Å²) < 4.78 is 5.14. The van der Waals surface area contributed by atoms with Crippen LogP contribution < -0.4 is 10.1 Å². The molecule has 0 spiro atoms. The Labute approximate surface area is 89.0 Å². The van der Waals surface area contributed by atoms with Gasteiger partial charge in [0.25, 0.3) is 0 Å². The molecule has 4 nitrogen and oxygen atoms in total. The summed E-state index contributed by atoms with van der Waals surface area (Å²) in [6, 6.07) is 1.79. The molecule has 0 bridgehead atoms. The molecule has 1 N–H and O–H groups in total. The first-order valence-electron chi connectivity index (χ1n) is 4.63. The monoisotopic (exact) mass is 206 g/mol. The Morgan fingerprint density at radius 2 is 2.47 bits per heavy atom. The molecule has 1 amide bonds. The fraction of sp³-hybridized carbons (Fsp3) is 0.273. The van der Waals surface area contributed by atoms with Crippen LogP contribution in [-0.4, -0.2) is 24.5 Å². The molecule has 4 heteroatoms. The van der Waals surface area contributed by atoms with Gasteiger partial charge in [-0.3, -0.25) is 9.78 Å². The maximum absolute atomic E-state index is 10.6. The highest BCUT2D eigenvalue weighted by Gasteiger charge is 1.96. The Bertz CT molecular complexity index is 361. The minimum atomic E-state index is -0.0437. The van der Waals surface area contributed by atoms with E-state index < -0.39 is 0 Å². The van der Waals surface area contributed by atoms with Crippen LogP contribution in [0.4, 0.5) is 0 Å². The highest BCUT2D eigenvalue weighted by atomic mass is 16.5. The summed E-state index contributed by atoms with van der Waals surface area (Å²) in [4.78, 5) is 14.6. The summed E-state index contributed by atoms with van der Waals surface area (Å²) in [7, 11) is 1.61. The fourth-order valence-corrected chi connectivity index (χ4v) is 1.09. The number of ether oxygens (including phenoxy) is 1. The van der Waals surface area contributed by atoms with Crippen LogP contribution in [0.1, 0.15) is 12.5 Å². The zero-order chi connectivity index (χ0) is 11.1. The summed E-state index contributed by atoms with van der Waals surface area (Å²) in [5.41, 5.74) is 0.894. The van der Waals surface area contributed by atoms with Crippen molar-refractivity contribution in [1.82, 2.24) is 10.3 Å². The van der Waals surface area contributed by atoms with Crippen LogP contribution in [0.5, 0.6) is 5.75 Å². The second-order valence-corrected chi connectivity index (χ2v) is 2.96. The van der Waals surface area contributed by atoms with Gasteiger partial charge in [-0.1, -0.05) is 12.2 Å². The Kier molecular flexibility index (Phi) is 4.34. The van der Waals surface area contributed by atoms with Gasteiger partial charge in [0.2, 0.25) is 5.91 Å². The van der Waals surface area contributed by atoms with Gasteiger partial charge < -0.3 is 10.1 Å². The minimum absolute atomic E-state index is 0.0437. The second kappa shape index (κ2) is 5.80. The Balaban J connectivity index is 2.59. The number of hydrogen-bond donors (Lipinski definition) is 1. The fourth-order valence-electron chi connectivity index (χ4n) is 1.09. The molecule has 0 saturated carbocycles. The smallest absolute Gasteiger partial charge is 0.217 e. The largest absolute Gasteiger partial charge is 0.496 e. The van der Waals surface area contributed by atoms with Crippen LogP contribution in [0, 0.1) is 0 Å². The lowest BCUT2D eigenvalue weighted by Crippen LogP contribution is -2.19. The van der Waals surface area contributed by atoms with Crippen LogP contribution in [0.3, 0.4) is 0 Å². The third-order valence-electron chi connectivity index (χ3n) is 1.80. The van der Waals surface area contributed by atoms with Crippen LogP contribution >= 0.6 is 0 Å². The van der Waals surface area contributed by atoms with Crippen LogP contribution in [-0.2, 0) is 4.79 Å². The number of nitrogens with one attached hydrogen (secondary N) is 1. The predicted molar refractivity (Wildman–Crippen MR) is 58.5 cm³/mol. The van der Waals surface area contributed by atoms with E-state index in [4.69, 9.17) is 4.74 Å². The van der Waals surface area contributed by atoms with Crippen LogP contribution in [0.2, 0.25) is 0 Å². The van der Waals surface area contributed by atoms with Gasteiger partial charge in [0.15, 0.2) is 0 Å². The van der Waals surface area contributed by atoms with Gasteiger partial charge in [0, 0.05) is 31.4 Å². The molecular weight excluding hydrogens is 192 g/mol. The maximum atomic E-state index is 10.6. The molecule has 0 fully saturated rings. The number of hydrogen-bond acceptors (Lipinski definition) is 3. The van der Waals surface area contributed by atoms with Crippen molar-refractivity contribution in [3.05, 3.63) is 30.1 Å². The first-order valence-corrected chi connectivity index (χ1v) is 4.63. The van der Waals surface area contributed by atoms with E-state index in [9.17, 15) is 4.79 Å². The van der Waals surface area contributed by atoms with E-state index in [1.165, 1.54) is 6.92 Å². The number of pyridine rings is 1. The van der Waals surface area contributed by atoms with Crippen molar-refractivity contribution in [3.63, 3.8) is 0 Å². The van der Waals surface area contributed by atoms with Crippen molar-refractivity contribution in [2.24, 2.45) is 0 Å². The number of methoxy groups -OCH3 is 1. The second-order valence-electron chi connectivity index (χ2n) is 2.96. The highest BCUT2D eigenvalue weighted by molar-refractivity contribution is 5.73. The van der Waals surface area contributed by atoms with E-state index in [-0.39, 0.29) is 5.91 Å². The Morgan fingerprint density at radius 3 is 3.13 bits per heavy atom. The zero-order valence-corrected chi connectivity index (χ0v) is 8.86. The van der Waals surface area contributed by atoms with Gasteiger partial charge in [0.1, 0.15) is 5.75 Å². The lowest BCUT2D eigenvalue weighted by Gasteiger charge is -2.02. The van der Waals surface area contributed by atoms with Gasteiger partial charge in [0.05, 0.1) is 7.11 Å². The summed E-state index contributed by atoms with van der Waals surface area (Å²) in [6.45, 7) is 1.99. The average Bonchev–Trinajstić information content (AvgIpc) is 2.24. The molecular formula is C11H14N2O2. The first-order chi connectivity index (χ1) is 7.24. The lowest BCUT2D eigenvalue weighted by molar-refractivity contribution is -0.118. The molecule has 0 aliphatic heterocycles. The highest BCUT2D eigenvalue weighted by Crippen LogP contribution is 2.16. The van der Waals surface area contributed by atoms with Crippen LogP contribution in [0.25, 0.3) is 6.08 Å². The SMILES string of the molecule is COc1ccncc1C=CCNC(C)=O. The van der Waals surface area contributed by atoms with Gasteiger partial charge in [-0.2, -0.15) is 0 Å². The van der Waals surface area contributed by atoms with Gasteiger partial charge >= 0.3 is 0 Å². The van der Waals surface area contributed by atoms with E-state index in [0.29, 0.717) is 6.54 Å². The number of rotatable bonds is 4. The number of aromatic nitrogens is 1. The molecule has 80 valence electrons. The number of amides is 1. The Hall–Kier alpha value is -1.84. The van der Waals surface area contributed by atoms with E-state index in [2.05, 4.69) is 10.3 Å². The molecule has 0 aliphatic carbocycles. The van der Waals surface area contributed by atoms with E-state index >= 15 is 0 Å². The summed E-state index contributed by atoms with van der Waals surface area (Å²) in [5.74, 6) is 0.724. The summed E-state index contributed by atoms with van der Waals surface area (Å²) >= 11 is 0. The number of nitrogens with zero attached hydrogens (tertiary/aromatic N) is 1. The summed E-state index contributed by atoms with van der Waals surface area (Å²) in [5, 5.41) is 2.67. The molecule has 1 heterocycles. The van der Waals surface area contributed by atoms with Crippen molar-refractivity contribution in [1.29, 1.82) is 0 Å². The van der Waals surface area contributed by atoms with Crippen LogP contribution in [0.15, 0.2) is 24.5 Å². The number of carbonyl (C=O) groups excluding carboxylic acids is 1. The first kappa shape index (κ1) is 11.2. The topological polar surface area (TPSA) is 51.2 Å². The van der Waals surface area contributed by atoms with Crippen molar-refractivity contribution in [2.75, 3.05) is 13.7 Å². The normalized spacial score (nSPS) is 10.3. The van der Waals surface area contributed by atoms with Gasteiger partial charge in [-0.05, 0) is 6.07 Å². The molecule has 0 aromatic carbocycles. The van der Waals surface area contributed by atoms with E-state index in [1.54, 1.807) is 25.6 Å². The molecule has 0 aliphatic rings. The molecule has 0 atom stereocenters. The zero-order valence-electron chi connectivity index (χ0n) is 8.86. The molecule has 1 aromatic rings. The maximum Gasteiger partial charge on any atom is 0.217 e. The lowest BCUT2D eigenvalue weighted by atomic mass is 10.2. The Morgan fingerprint density at radius 1 is 1.67 bits per heavy atom. The molecule has 15 heavy (non-hydrogen) atoms. The quantitative estimate of drug-likeness (QED) is 0.806. The van der Waals surface area contributed by atoms with Crippen molar-refractivity contribution in [3.8, 4) is 5.75 Å². The standard InChI is InChI=1S/C11H14N2O2/c1-9(14)13-6-3-4-10-8-12-7-5-11(10)15-2/h3-5,7-8H,6H2,1-2H3,(H,13,14). The summed E-state index contributed by atoms with van der Waals surface area (Å²) in [6.07, 6.45) is 7.09. The van der Waals surface area contributed by atoms with E-state index in [1.807, 2.05) is 12.2 Å². The third kappa shape index (κ3) is 3.81. The van der Waals surface area contributed by atoms with Crippen molar-refractivity contribution >= 4 is 12.0 Å². The van der Waals surface area contributed by atoms with Gasteiger partial charge in [-0.15, -0.1) is 0 Å². The van der Waals surface area contributed by atoms with Gasteiger partial charge in [-0.25, -0.2) is 0 Å². The van der Waals surface area contributed by atoms with E-state index in [0.717, 1.165) is 11.3 Å². The van der Waals surface area contributed by atoms with Crippen molar-refractivity contribution in [2.45, 2.75) is 6.92 Å². The molecule has 0 radical (unpaired) electrons. The van der Waals surface area contributed by atoms with Crippen molar-refractivity contribution < 1.29 is 9.53 Å². The third-order valence-corrected chi connectivity index (χ3v) is 1.80. The molecule has 0 saturated heterocycles. The average molecular weight is 206 g/mol. The molecule has 1 rings (SSSR count). The predicted octanol–water partition coefficient (Wildman–Crippen LogP) is 1.24. The minimum Gasteiger partial charge on any atom is -0.496 e. The molecule has 1 aromatic heterocycles. The molecule has 0 unspecified atom stereocenters.